The van der Waals surface area contributed by atoms with Crippen molar-refractivity contribution in [3.8, 4) is 23.0 Å². The third-order valence-electron chi connectivity index (χ3n) is 13.0. The number of nitrogens with zero attached hydrogens (tertiary/aromatic N) is 5. The smallest absolute Gasteiger partial charge is 0.415 e. The number of alkyl halides is 1. The monoisotopic (exact) mass is 1080 g/mol. The number of methoxy groups -OCH3 is 3. The number of hydrogen-bond acceptors (Lipinski definition) is 15. The number of likely N-dealkylation sites (N-methyl/N-ethyl adjacent to an activating group) is 2. The first kappa shape index (κ1) is 56.4. The first-order valence-electron chi connectivity index (χ1n) is 24.8. The maximum Gasteiger partial charge on any atom is 0.415 e. The van der Waals surface area contributed by atoms with Crippen molar-refractivity contribution in [2.24, 2.45) is 5.92 Å². The van der Waals surface area contributed by atoms with Gasteiger partial charge in [-0.3, -0.25) is 33.7 Å². The van der Waals surface area contributed by atoms with Crippen molar-refractivity contribution in [3.05, 3.63) is 77.3 Å². The Morgan fingerprint density at radius 2 is 1.56 bits per heavy atom. The van der Waals surface area contributed by atoms with Gasteiger partial charge in [0.05, 0.1) is 39.1 Å². The SMILES string of the molecule is COc1cc2cc(C(=O)N3CC(CCl)c4c3cc(OC(=O)N(C)CCN(C)C(=O)OCc3ccc(NC(=O)CNC(=O)[C@H](NC(=O)CCCCCN5C(=O)C=CC5=O)C(C)C)cc3)c3oc(C)nc43)[nH]c2c(OC)c1OC. The molecule has 0 aliphatic carbocycles. The molecule has 0 radical (unpaired) electrons. The molecule has 2 atom stereocenters. The molecule has 0 spiro atoms. The number of halogens is 1. The Labute approximate surface area is 448 Å². The molecule has 410 valence electrons. The Morgan fingerprint density at radius 3 is 2.21 bits per heavy atom. The lowest BCUT2D eigenvalue weighted by atomic mass is 10.0. The average Bonchev–Trinajstić information content (AvgIpc) is 4.35. The molecule has 2 aliphatic rings. The van der Waals surface area contributed by atoms with E-state index in [9.17, 15) is 38.4 Å². The van der Waals surface area contributed by atoms with Gasteiger partial charge < -0.3 is 63.7 Å². The van der Waals surface area contributed by atoms with E-state index in [1.54, 1.807) is 68.1 Å². The zero-order valence-corrected chi connectivity index (χ0v) is 44.8. The number of hydrogen-bond donors (Lipinski definition) is 4. The minimum absolute atomic E-state index is 0.0219. The summed E-state index contributed by atoms with van der Waals surface area (Å²) in [5.41, 5.74) is 3.52. The van der Waals surface area contributed by atoms with Crippen LogP contribution >= 0.6 is 11.6 Å². The van der Waals surface area contributed by atoms with Crippen LogP contribution < -0.4 is 39.8 Å². The molecule has 1 unspecified atom stereocenters. The molecule has 24 heteroatoms. The van der Waals surface area contributed by atoms with Gasteiger partial charge in [0.15, 0.2) is 28.7 Å². The summed E-state index contributed by atoms with van der Waals surface area (Å²) in [5.74, 6) is -1.43. The number of unbranched alkanes of at least 4 members (excludes halogenated alkanes) is 2. The minimum atomic E-state index is -0.877. The lowest BCUT2D eigenvalue weighted by molar-refractivity contribution is -0.137. The van der Waals surface area contributed by atoms with E-state index in [0.717, 1.165) is 4.90 Å². The van der Waals surface area contributed by atoms with Crippen LogP contribution in [0, 0.1) is 12.8 Å². The lowest BCUT2D eigenvalue weighted by Crippen LogP contribution is -2.51. The van der Waals surface area contributed by atoms with Gasteiger partial charge >= 0.3 is 12.2 Å². The number of rotatable bonds is 23. The number of carbonyl (C=O) groups is 8. The summed E-state index contributed by atoms with van der Waals surface area (Å²) in [6.45, 7) is 5.33. The highest BCUT2D eigenvalue weighted by molar-refractivity contribution is 6.19. The fraction of sp³-hybridized carbons (Fsp3) is 0.415. The molecule has 4 heterocycles. The molecule has 5 aromatic rings. The largest absolute Gasteiger partial charge is 0.493 e. The van der Waals surface area contributed by atoms with Crippen LogP contribution in [0.4, 0.5) is 21.0 Å². The third-order valence-corrected chi connectivity index (χ3v) is 13.4. The fourth-order valence-electron chi connectivity index (χ4n) is 8.84. The molecule has 7 rings (SSSR count). The summed E-state index contributed by atoms with van der Waals surface area (Å²) in [7, 11) is 7.49. The number of benzene rings is 3. The summed E-state index contributed by atoms with van der Waals surface area (Å²) in [6.07, 6.45) is 2.82. The van der Waals surface area contributed by atoms with Gasteiger partial charge in [0, 0.05) is 100 Å². The molecule has 2 aliphatic heterocycles. The first-order chi connectivity index (χ1) is 36.8. The highest BCUT2D eigenvalue weighted by Crippen LogP contribution is 2.47. The molecule has 0 fully saturated rings. The van der Waals surface area contributed by atoms with Gasteiger partial charge in [-0.2, -0.15) is 0 Å². The second-order valence-electron chi connectivity index (χ2n) is 18.8. The maximum absolute atomic E-state index is 14.4. The van der Waals surface area contributed by atoms with Gasteiger partial charge in [-0.1, -0.05) is 32.4 Å². The number of H-pyrrole nitrogens is 1. The zero-order chi connectivity index (χ0) is 55.7. The van der Waals surface area contributed by atoms with Crippen LogP contribution in [0.1, 0.15) is 73.0 Å². The molecular weight excluding hydrogens is 1020 g/mol. The molecule has 0 saturated heterocycles. The maximum atomic E-state index is 14.4. The van der Waals surface area contributed by atoms with Crippen LogP contribution in [0.3, 0.4) is 0 Å². The summed E-state index contributed by atoms with van der Waals surface area (Å²) >= 11 is 6.50. The highest BCUT2D eigenvalue weighted by atomic mass is 35.5. The predicted molar refractivity (Wildman–Crippen MR) is 282 cm³/mol. The molecule has 4 N–H and O–H groups in total. The Hall–Kier alpha value is -8.34. The second-order valence-corrected chi connectivity index (χ2v) is 19.1. The van der Waals surface area contributed by atoms with Gasteiger partial charge in [0.25, 0.3) is 17.7 Å². The number of aromatic nitrogens is 2. The summed E-state index contributed by atoms with van der Waals surface area (Å²) in [6, 6.07) is 10.6. The predicted octanol–water partition coefficient (Wildman–Crippen LogP) is 6.01. The van der Waals surface area contributed by atoms with E-state index in [1.807, 2.05) is 0 Å². The molecule has 0 bridgehead atoms. The normalized spacial score (nSPS) is 14.2. The summed E-state index contributed by atoms with van der Waals surface area (Å²) in [4.78, 5) is 116. The molecule has 8 amide bonds. The fourth-order valence-corrected chi connectivity index (χ4v) is 9.09. The minimum Gasteiger partial charge on any atom is -0.493 e. The highest BCUT2D eigenvalue weighted by Gasteiger charge is 2.38. The van der Waals surface area contributed by atoms with E-state index >= 15 is 0 Å². The van der Waals surface area contributed by atoms with E-state index in [4.69, 9.17) is 39.7 Å². The van der Waals surface area contributed by atoms with Crippen molar-refractivity contribution >= 4 is 92.6 Å². The number of nitrogens with one attached hydrogen (secondary N) is 4. The number of amides is 8. The van der Waals surface area contributed by atoms with Crippen molar-refractivity contribution in [2.45, 2.75) is 65.0 Å². The Bertz CT molecular complexity index is 3080. The van der Waals surface area contributed by atoms with E-state index in [2.05, 4.69) is 25.9 Å². The number of aryl methyl sites for hydroxylation is 1. The Balaban J connectivity index is 0.866. The van der Waals surface area contributed by atoms with Crippen LogP contribution in [0.15, 0.2) is 59.0 Å². The lowest BCUT2D eigenvalue weighted by Gasteiger charge is -2.22. The average molecular weight is 1080 g/mol. The number of imide groups is 1. The van der Waals surface area contributed by atoms with Gasteiger partial charge in [0.1, 0.15) is 23.9 Å². The molecular formula is C53H62ClN9O14. The van der Waals surface area contributed by atoms with Crippen LogP contribution in [0.25, 0.3) is 22.0 Å². The van der Waals surface area contributed by atoms with Crippen LogP contribution in [0.5, 0.6) is 23.0 Å². The van der Waals surface area contributed by atoms with Crippen molar-refractivity contribution < 1.29 is 66.5 Å². The molecule has 0 saturated carbocycles. The number of carbonyl (C=O) groups excluding carboxylic acids is 8. The Morgan fingerprint density at radius 1 is 0.870 bits per heavy atom. The van der Waals surface area contributed by atoms with Gasteiger partial charge in [-0.25, -0.2) is 14.6 Å². The Kier molecular flexibility index (Phi) is 18.3. The van der Waals surface area contributed by atoms with Crippen LogP contribution in [-0.4, -0.2) is 152 Å². The molecule has 77 heavy (non-hydrogen) atoms. The van der Waals surface area contributed by atoms with Crippen LogP contribution in [0.2, 0.25) is 0 Å². The van der Waals surface area contributed by atoms with E-state index in [0.29, 0.717) is 81.3 Å². The second kappa shape index (κ2) is 25.0. The molecule has 2 aromatic heterocycles. The third kappa shape index (κ3) is 13.0. The van der Waals surface area contributed by atoms with E-state index in [-0.39, 0.29) is 98.2 Å². The quantitative estimate of drug-likeness (QED) is 0.0332. The number of aromatic amines is 1. The van der Waals surface area contributed by atoms with E-state index in [1.165, 1.54) is 57.4 Å². The number of oxazole rings is 1. The van der Waals surface area contributed by atoms with Gasteiger partial charge in [-0.15, -0.1) is 11.6 Å². The summed E-state index contributed by atoms with van der Waals surface area (Å²) in [5, 5.41) is 8.64. The molecule has 3 aromatic carbocycles. The zero-order valence-electron chi connectivity index (χ0n) is 44.0. The van der Waals surface area contributed by atoms with Gasteiger partial charge in [0.2, 0.25) is 23.5 Å². The number of fused-ring (bicyclic) bond motifs is 4. The topological polar surface area (TPSA) is 274 Å². The number of anilines is 2. The van der Waals surface area contributed by atoms with Crippen molar-refractivity contribution in [2.75, 3.05) is 84.2 Å². The van der Waals surface area contributed by atoms with Crippen molar-refractivity contribution in [1.29, 1.82) is 0 Å². The van der Waals surface area contributed by atoms with Crippen molar-refractivity contribution in [3.63, 3.8) is 0 Å². The first-order valence-corrected chi connectivity index (χ1v) is 25.3. The standard InChI is InChI=1S/C53H62ClN9O14/c1-29(2)44(59-39(64)12-10-9-11-19-62-41(66)17-18-42(62)67)50(68)55-26-40(65)57-34-15-13-31(14-16-34)28-75-52(70)60(4)20-21-61(5)53(71)77-38-24-36-43(46-47(38)76-30(3)56-46)33(25-54)27-63(36)51(69)35-22-32-23-37(72-6)48(73-7)49(74-8)45(32)58-35/h13-18,22-24,29,33,44,58H,9-12,19-21,25-28H2,1-8H3,(H,55,68)(H,57,65)(H,59,64)/t33?,44-/m1/s1. The van der Waals surface area contributed by atoms with Crippen LogP contribution in [-0.2, 0) is 35.3 Å². The number of ether oxygens (including phenoxy) is 5. The molecule has 23 nitrogen and oxygen atoms in total. The summed E-state index contributed by atoms with van der Waals surface area (Å²) < 4.78 is 34.0. The van der Waals surface area contributed by atoms with Crippen molar-refractivity contribution in [1.82, 2.24) is 35.3 Å². The van der Waals surface area contributed by atoms with Gasteiger partial charge in [-0.05, 0) is 48.6 Å². The van der Waals surface area contributed by atoms with E-state index < -0.39 is 35.9 Å².